The molecule has 5 heteroatoms. The van der Waals surface area contributed by atoms with E-state index in [-0.39, 0.29) is 23.1 Å². The van der Waals surface area contributed by atoms with Gasteiger partial charge in [-0.25, -0.2) is 4.98 Å². The quantitative estimate of drug-likeness (QED) is 0.119. The standard InChI is InChI=1S/C55H54N4O/c1-53(2,3)35-37-29-30-56-51(31-37)59-47-24-14-13-21-44(47)45-27-26-42(34-49(45)59)60-41-20-15-19-40(33-41)57-36-58(50-32-39(54(4,5)6)25-28-48(50)57)52-43(38-17-11-10-12-18-38)22-16-23-46(52)55(7,8)9/h10-34H,35H2,1-9H3/i10D,11D,12D,17D,18D,35D2. The molecule has 0 bridgehead atoms. The predicted octanol–water partition coefficient (Wildman–Crippen LogP) is 13.8. The Kier molecular flexibility index (Phi) is 7.69. The Hall–Kier alpha value is -6.46. The molecule has 0 N–H and O–H groups in total. The van der Waals surface area contributed by atoms with Crippen LogP contribution in [0.4, 0.5) is 0 Å². The van der Waals surface area contributed by atoms with Gasteiger partial charge in [0.1, 0.15) is 17.3 Å². The monoisotopic (exact) mass is 793 g/mol. The van der Waals surface area contributed by atoms with Crippen LogP contribution in [0, 0.1) is 11.7 Å². The van der Waals surface area contributed by atoms with E-state index in [1.54, 1.807) is 12.3 Å². The summed E-state index contributed by atoms with van der Waals surface area (Å²) < 4.78 is 74.4. The average molecular weight is 794 g/mol. The highest BCUT2D eigenvalue weighted by Crippen LogP contribution is 2.38. The molecule has 0 fully saturated rings. The molecular formula is C55H54N4O. The summed E-state index contributed by atoms with van der Waals surface area (Å²) in [4.78, 5) is 4.77. The van der Waals surface area contributed by atoms with E-state index in [0.717, 1.165) is 49.7 Å². The van der Waals surface area contributed by atoms with Gasteiger partial charge in [0.2, 0.25) is 0 Å². The van der Waals surface area contributed by atoms with E-state index in [1.165, 1.54) is 0 Å². The molecule has 3 aromatic heterocycles. The second-order valence-electron chi connectivity index (χ2n) is 18.6. The minimum atomic E-state index is -1.61. The number of hydrogen-bond donors (Lipinski definition) is 0. The normalized spacial score (nSPS) is 14.4. The molecule has 0 amide bonds. The van der Waals surface area contributed by atoms with Crippen LogP contribution in [0.5, 0.6) is 11.5 Å². The highest BCUT2D eigenvalue weighted by atomic mass is 16.5. The molecule has 0 spiro atoms. The summed E-state index contributed by atoms with van der Waals surface area (Å²) in [6.45, 7) is 18.5. The lowest BCUT2D eigenvalue weighted by atomic mass is 9.83. The number of fused-ring (bicyclic) bond motifs is 4. The maximum Gasteiger partial charge on any atom is 0.269 e. The number of rotatable bonds is 7. The molecule has 0 unspecified atom stereocenters. The first-order chi connectivity index (χ1) is 31.5. The molecule has 60 heavy (non-hydrogen) atoms. The van der Waals surface area contributed by atoms with Gasteiger partial charge in [-0.3, -0.25) is 13.7 Å². The Balaban J connectivity index is 1.20. The lowest BCUT2D eigenvalue weighted by molar-refractivity contribution is -0.572. The average Bonchev–Trinajstić information content (AvgIpc) is 3.82. The molecule has 9 rings (SSSR count). The van der Waals surface area contributed by atoms with Crippen molar-refractivity contribution in [1.82, 2.24) is 14.1 Å². The van der Waals surface area contributed by atoms with Gasteiger partial charge in [0, 0.05) is 25.8 Å². The fourth-order valence-electron chi connectivity index (χ4n) is 8.04. The Morgan fingerprint density at radius 1 is 0.683 bits per heavy atom. The Morgan fingerprint density at radius 3 is 2.20 bits per heavy atom. The topological polar surface area (TPSA) is 35.9 Å². The molecule has 0 aliphatic rings. The minimum absolute atomic E-state index is 0.126. The first-order valence-electron chi connectivity index (χ1n) is 24.0. The molecular weight excluding hydrogens is 733 g/mol. The molecule has 0 aliphatic heterocycles. The zero-order chi connectivity index (χ0) is 48.1. The fourth-order valence-corrected chi connectivity index (χ4v) is 8.04. The van der Waals surface area contributed by atoms with E-state index >= 15 is 0 Å². The summed E-state index contributed by atoms with van der Waals surface area (Å²) in [5.41, 5.74) is 6.86. The van der Waals surface area contributed by atoms with Crippen molar-refractivity contribution in [3.05, 3.63) is 175 Å². The van der Waals surface area contributed by atoms with Crippen molar-refractivity contribution < 1.29 is 18.9 Å². The minimum Gasteiger partial charge on any atom is -0.458 e. The van der Waals surface area contributed by atoms with Gasteiger partial charge in [0.05, 0.1) is 40.3 Å². The number of pyridine rings is 1. The number of benzene rings is 6. The maximum atomic E-state index is 9.04. The largest absolute Gasteiger partial charge is 0.458 e. The SMILES string of the molecule is [2H]c1c([2H])c([2H])c(-c2cccc(C(C)(C)C)c2-[n+]2[c-]n(-c3cccc(Oc4ccc5c6ccccc6n(-c6cc(C([2H])([2H])C(C)(C)C)ccn6)c5c4)c3)c3ccc(C(C)(C)C)cc32)c([2H])c1[2H]. The summed E-state index contributed by atoms with van der Waals surface area (Å²) >= 11 is 0. The molecule has 0 saturated carbocycles. The van der Waals surface area contributed by atoms with Crippen LogP contribution in [-0.4, -0.2) is 14.1 Å². The molecule has 0 aliphatic carbocycles. The van der Waals surface area contributed by atoms with Gasteiger partial charge in [-0.1, -0.05) is 147 Å². The third kappa shape index (κ3) is 7.38. The van der Waals surface area contributed by atoms with Gasteiger partial charge < -0.3 is 4.74 Å². The Labute approximate surface area is 364 Å². The van der Waals surface area contributed by atoms with Crippen LogP contribution in [0.2, 0.25) is 0 Å². The van der Waals surface area contributed by atoms with Crippen molar-refractivity contribution in [3.8, 4) is 39.8 Å². The molecule has 300 valence electrons. The maximum absolute atomic E-state index is 9.04. The van der Waals surface area contributed by atoms with E-state index < -0.39 is 35.3 Å². The number of nitrogens with zero attached hydrogens (tertiary/aromatic N) is 4. The molecule has 9 aromatic rings. The highest BCUT2D eigenvalue weighted by Gasteiger charge is 2.26. The van der Waals surface area contributed by atoms with E-state index in [9.17, 15) is 0 Å². The van der Waals surface area contributed by atoms with E-state index in [1.807, 2.05) is 115 Å². The molecule has 0 saturated heterocycles. The van der Waals surface area contributed by atoms with Crippen LogP contribution < -0.4 is 9.30 Å². The highest BCUT2D eigenvalue weighted by molar-refractivity contribution is 6.09. The van der Waals surface area contributed by atoms with Crippen molar-refractivity contribution in [3.63, 3.8) is 0 Å². The van der Waals surface area contributed by atoms with Crippen molar-refractivity contribution in [2.45, 2.75) is 79.5 Å². The van der Waals surface area contributed by atoms with E-state index in [4.69, 9.17) is 19.3 Å². The van der Waals surface area contributed by atoms with Crippen molar-refractivity contribution >= 4 is 32.8 Å². The number of hydrogen-bond acceptors (Lipinski definition) is 2. The summed E-state index contributed by atoms with van der Waals surface area (Å²) in [7, 11) is 0. The summed E-state index contributed by atoms with van der Waals surface area (Å²) in [6, 6.07) is 35.9. The van der Waals surface area contributed by atoms with Crippen LogP contribution in [-0.2, 0) is 17.2 Å². The Morgan fingerprint density at radius 2 is 1.43 bits per heavy atom. The molecule has 6 aromatic carbocycles. The van der Waals surface area contributed by atoms with Crippen LogP contribution >= 0.6 is 0 Å². The second-order valence-corrected chi connectivity index (χ2v) is 18.6. The van der Waals surface area contributed by atoms with E-state index in [2.05, 4.69) is 76.7 Å². The van der Waals surface area contributed by atoms with Gasteiger partial charge in [0.15, 0.2) is 0 Å². The first-order valence-corrected chi connectivity index (χ1v) is 20.5. The Bertz CT molecular complexity index is 3410. The van der Waals surface area contributed by atoms with Crippen LogP contribution in [0.1, 0.15) is 88.6 Å². The van der Waals surface area contributed by atoms with Gasteiger partial charge in [-0.2, -0.15) is 0 Å². The van der Waals surface area contributed by atoms with Crippen LogP contribution in [0.3, 0.4) is 0 Å². The van der Waals surface area contributed by atoms with Gasteiger partial charge in [-0.15, -0.1) is 0 Å². The number of aromatic nitrogens is 4. The molecule has 0 atom stereocenters. The van der Waals surface area contributed by atoms with Gasteiger partial charge in [0.25, 0.3) is 6.33 Å². The molecule has 0 radical (unpaired) electrons. The number of imidazole rings is 1. The zero-order valence-electron chi connectivity index (χ0n) is 42.7. The summed E-state index contributed by atoms with van der Waals surface area (Å²) in [5, 5.41) is 2.05. The summed E-state index contributed by atoms with van der Waals surface area (Å²) in [6.07, 6.45) is 3.74. The van der Waals surface area contributed by atoms with Gasteiger partial charge in [-0.05, 0) is 105 Å². The van der Waals surface area contributed by atoms with Crippen LogP contribution in [0.15, 0.2) is 152 Å². The number of para-hydroxylation sites is 2. The lowest BCUT2D eigenvalue weighted by Crippen LogP contribution is -2.35. The number of ether oxygens (including phenoxy) is 1. The summed E-state index contributed by atoms with van der Waals surface area (Å²) in [5.74, 6) is 1.79. The fraction of sp³-hybridized carbons (Fsp3) is 0.236. The second kappa shape index (κ2) is 14.7. The van der Waals surface area contributed by atoms with Crippen molar-refractivity contribution in [2.75, 3.05) is 0 Å². The van der Waals surface area contributed by atoms with Crippen molar-refractivity contribution in [2.24, 2.45) is 5.41 Å². The third-order valence-electron chi connectivity index (χ3n) is 10.8. The smallest absolute Gasteiger partial charge is 0.269 e. The van der Waals surface area contributed by atoms with Crippen LogP contribution in [0.25, 0.3) is 61.2 Å². The zero-order valence-corrected chi connectivity index (χ0v) is 35.7. The van der Waals surface area contributed by atoms with E-state index in [0.29, 0.717) is 34.1 Å². The van der Waals surface area contributed by atoms with Crippen molar-refractivity contribution in [1.29, 1.82) is 0 Å². The predicted molar refractivity (Wildman–Crippen MR) is 248 cm³/mol. The lowest BCUT2D eigenvalue weighted by Gasteiger charge is -2.26. The molecule has 3 heterocycles. The molecule has 5 nitrogen and oxygen atoms in total. The first kappa shape index (κ1) is 31.5. The third-order valence-corrected chi connectivity index (χ3v) is 10.8. The van der Waals surface area contributed by atoms with Gasteiger partial charge >= 0.3 is 0 Å².